The molecule has 0 unspecified atom stereocenters. The van der Waals surface area contributed by atoms with Gasteiger partial charge in [0.2, 0.25) is 0 Å². The average molecular weight is 270 g/mol. The fourth-order valence-electron chi connectivity index (χ4n) is 1.18. The number of nitrogen functional groups attached to an aromatic ring is 1. The molecular weight excluding hydrogens is 252 g/mol. The van der Waals surface area contributed by atoms with Crippen LogP contribution in [0.4, 0.5) is 5.82 Å². The summed E-state index contributed by atoms with van der Waals surface area (Å²) in [6, 6.07) is 1.70. The molecule has 0 saturated carbocycles. The Morgan fingerprint density at radius 1 is 1.56 bits per heavy atom. The Kier molecular flexibility index (Phi) is 5.87. The molecule has 3 N–H and O–H groups in total. The van der Waals surface area contributed by atoms with Crippen LogP contribution in [-0.4, -0.2) is 28.3 Å². The van der Waals surface area contributed by atoms with E-state index >= 15 is 0 Å². The first-order valence-corrected chi connectivity index (χ1v) is 6.69. The van der Waals surface area contributed by atoms with Gasteiger partial charge in [-0.05, 0) is 6.92 Å². The molecule has 0 radical (unpaired) electrons. The number of hydrazine groups is 1. The van der Waals surface area contributed by atoms with Crippen molar-refractivity contribution >= 4 is 23.5 Å². The maximum absolute atomic E-state index is 11.3. The fraction of sp³-hybridized carbons (Fsp3) is 0.545. The Morgan fingerprint density at radius 3 is 2.83 bits per heavy atom. The molecule has 0 aliphatic heterocycles. The number of hydrogen-bond donors (Lipinski definition) is 2. The normalized spacial score (nSPS) is 10.5. The molecule has 7 heteroatoms. The number of esters is 1. The number of ether oxygens (including phenoxy) is 1. The summed E-state index contributed by atoms with van der Waals surface area (Å²) in [5, 5.41) is 0.703. The summed E-state index contributed by atoms with van der Waals surface area (Å²) in [4.78, 5) is 19.9. The van der Waals surface area contributed by atoms with Gasteiger partial charge in [0, 0.05) is 12.0 Å². The highest BCUT2D eigenvalue weighted by Gasteiger charge is 2.10. The zero-order valence-electron chi connectivity index (χ0n) is 10.8. The lowest BCUT2D eigenvalue weighted by molar-refractivity contribution is -0.139. The number of nitrogens with one attached hydrogen (secondary N) is 1. The Bertz CT molecular complexity index is 412. The van der Waals surface area contributed by atoms with Gasteiger partial charge in [-0.1, -0.05) is 25.6 Å². The largest absolute Gasteiger partial charge is 0.465 e. The Hall–Kier alpha value is -1.34. The number of anilines is 1. The van der Waals surface area contributed by atoms with Gasteiger partial charge in [0.15, 0.2) is 0 Å². The molecule has 1 heterocycles. The third-order valence-corrected chi connectivity index (χ3v) is 2.91. The minimum atomic E-state index is -0.255. The van der Waals surface area contributed by atoms with E-state index in [9.17, 15) is 4.79 Å². The summed E-state index contributed by atoms with van der Waals surface area (Å²) in [5.74, 6) is 6.75. The number of hydrogen-bond acceptors (Lipinski definition) is 7. The molecule has 0 aliphatic carbocycles. The Labute approximate surface area is 111 Å². The van der Waals surface area contributed by atoms with E-state index in [1.165, 1.54) is 11.8 Å². The van der Waals surface area contributed by atoms with Crippen LogP contribution < -0.4 is 11.3 Å². The van der Waals surface area contributed by atoms with Crippen LogP contribution in [0.3, 0.4) is 0 Å². The van der Waals surface area contributed by atoms with Crippen LogP contribution in [-0.2, 0) is 9.53 Å². The number of carbonyl (C=O) groups is 1. The monoisotopic (exact) mass is 270 g/mol. The maximum Gasteiger partial charge on any atom is 0.316 e. The minimum Gasteiger partial charge on any atom is -0.465 e. The van der Waals surface area contributed by atoms with Crippen LogP contribution in [0.1, 0.15) is 32.5 Å². The third kappa shape index (κ3) is 4.50. The van der Waals surface area contributed by atoms with Crippen molar-refractivity contribution in [1.82, 2.24) is 9.97 Å². The summed E-state index contributed by atoms with van der Waals surface area (Å²) in [7, 11) is 0. The lowest BCUT2D eigenvalue weighted by atomic mass is 10.2. The van der Waals surface area contributed by atoms with Crippen molar-refractivity contribution in [3.05, 3.63) is 11.9 Å². The molecule has 0 aromatic carbocycles. The van der Waals surface area contributed by atoms with Gasteiger partial charge in [0.25, 0.3) is 0 Å². The Morgan fingerprint density at radius 2 is 2.28 bits per heavy atom. The van der Waals surface area contributed by atoms with Crippen LogP contribution in [0.5, 0.6) is 0 Å². The van der Waals surface area contributed by atoms with Crippen molar-refractivity contribution in [2.24, 2.45) is 5.84 Å². The topological polar surface area (TPSA) is 90.1 Å². The van der Waals surface area contributed by atoms with E-state index in [1.807, 2.05) is 13.8 Å². The highest BCUT2D eigenvalue weighted by atomic mass is 32.2. The van der Waals surface area contributed by atoms with Gasteiger partial charge in [0.1, 0.15) is 16.7 Å². The van der Waals surface area contributed by atoms with Gasteiger partial charge in [-0.25, -0.2) is 15.8 Å². The maximum atomic E-state index is 11.3. The SMILES string of the molecule is CCOC(=O)CSc1cc(NN)nc(C(C)C)n1. The van der Waals surface area contributed by atoms with Crippen LogP contribution in [0.2, 0.25) is 0 Å². The highest BCUT2D eigenvalue weighted by Crippen LogP contribution is 2.21. The van der Waals surface area contributed by atoms with E-state index in [0.29, 0.717) is 23.3 Å². The molecule has 0 saturated heterocycles. The molecule has 18 heavy (non-hydrogen) atoms. The second-order valence-electron chi connectivity index (χ2n) is 3.84. The van der Waals surface area contributed by atoms with Crippen molar-refractivity contribution in [3.8, 4) is 0 Å². The van der Waals surface area contributed by atoms with Gasteiger partial charge in [-0.2, -0.15) is 0 Å². The van der Waals surface area contributed by atoms with Gasteiger partial charge in [-0.3, -0.25) is 4.79 Å². The van der Waals surface area contributed by atoms with Gasteiger partial charge in [-0.15, -0.1) is 0 Å². The van der Waals surface area contributed by atoms with Crippen molar-refractivity contribution in [2.75, 3.05) is 17.8 Å². The third-order valence-electron chi connectivity index (χ3n) is 2.03. The number of rotatable bonds is 6. The summed E-state index contributed by atoms with van der Waals surface area (Å²) in [6.45, 7) is 6.15. The van der Waals surface area contributed by atoms with E-state index in [-0.39, 0.29) is 17.6 Å². The molecule has 100 valence electrons. The Balaban J connectivity index is 2.75. The van der Waals surface area contributed by atoms with Crippen molar-refractivity contribution < 1.29 is 9.53 Å². The smallest absolute Gasteiger partial charge is 0.316 e. The number of carbonyl (C=O) groups excluding carboxylic acids is 1. The van der Waals surface area contributed by atoms with E-state index in [2.05, 4.69) is 15.4 Å². The quantitative estimate of drug-likeness (QED) is 0.266. The molecule has 6 nitrogen and oxygen atoms in total. The van der Waals surface area contributed by atoms with E-state index in [0.717, 1.165) is 0 Å². The molecule has 1 aromatic rings. The highest BCUT2D eigenvalue weighted by molar-refractivity contribution is 7.99. The van der Waals surface area contributed by atoms with Crippen LogP contribution in [0.25, 0.3) is 0 Å². The zero-order chi connectivity index (χ0) is 13.5. The fourth-order valence-corrected chi connectivity index (χ4v) is 1.89. The van der Waals surface area contributed by atoms with E-state index in [4.69, 9.17) is 10.6 Å². The first-order chi connectivity index (χ1) is 8.56. The van der Waals surface area contributed by atoms with Crippen molar-refractivity contribution in [2.45, 2.75) is 31.7 Å². The molecule has 1 rings (SSSR count). The summed E-state index contributed by atoms with van der Waals surface area (Å²) in [5.41, 5.74) is 2.49. The summed E-state index contributed by atoms with van der Waals surface area (Å²) >= 11 is 1.31. The predicted octanol–water partition coefficient (Wildman–Crippen LogP) is 1.54. The first-order valence-electron chi connectivity index (χ1n) is 5.70. The number of thioether (sulfide) groups is 1. The van der Waals surface area contributed by atoms with Crippen molar-refractivity contribution in [1.29, 1.82) is 0 Å². The number of aromatic nitrogens is 2. The second kappa shape index (κ2) is 7.17. The van der Waals surface area contributed by atoms with Gasteiger partial charge >= 0.3 is 5.97 Å². The molecular formula is C11H18N4O2S. The van der Waals surface area contributed by atoms with Crippen molar-refractivity contribution in [3.63, 3.8) is 0 Å². The lowest BCUT2D eigenvalue weighted by Gasteiger charge is -2.09. The second-order valence-corrected chi connectivity index (χ2v) is 4.84. The van der Waals surface area contributed by atoms with E-state index < -0.39 is 0 Å². The number of nitrogens with zero attached hydrogens (tertiary/aromatic N) is 2. The van der Waals surface area contributed by atoms with E-state index in [1.54, 1.807) is 13.0 Å². The lowest BCUT2D eigenvalue weighted by Crippen LogP contribution is -2.12. The van der Waals surface area contributed by atoms with Crippen LogP contribution in [0.15, 0.2) is 11.1 Å². The molecule has 0 fully saturated rings. The predicted molar refractivity (Wildman–Crippen MR) is 71.3 cm³/mol. The molecule has 0 amide bonds. The van der Waals surface area contributed by atoms with Gasteiger partial charge in [0.05, 0.1) is 12.4 Å². The molecule has 1 aromatic heterocycles. The minimum absolute atomic E-state index is 0.195. The molecule has 0 atom stereocenters. The molecule has 0 aliphatic rings. The molecule has 0 spiro atoms. The first kappa shape index (κ1) is 14.7. The summed E-state index contributed by atoms with van der Waals surface area (Å²) < 4.78 is 4.85. The standard InChI is InChI=1S/C11H18N4O2S/c1-4-17-10(16)6-18-9-5-8(15-12)13-11(14-9)7(2)3/h5,7H,4,6,12H2,1-3H3,(H,13,14,15). The zero-order valence-corrected chi connectivity index (χ0v) is 11.6. The molecule has 0 bridgehead atoms. The average Bonchev–Trinajstić information content (AvgIpc) is 2.36. The van der Waals surface area contributed by atoms with Crippen LogP contribution in [0, 0.1) is 0 Å². The summed E-state index contributed by atoms with van der Waals surface area (Å²) in [6.07, 6.45) is 0. The van der Waals surface area contributed by atoms with Crippen LogP contribution >= 0.6 is 11.8 Å². The van der Waals surface area contributed by atoms with Gasteiger partial charge < -0.3 is 10.2 Å². The number of nitrogens with two attached hydrogens (primary N) is 1.